The second-order valence-corrected chi connectivity index (χ2v) is 16.9. The van der Waals surface area contributed by atoms with Crippen molar-refractivity contribution in [2.24, 2.45) is 0 Å². The van der Waals surface area contributed by atoms with Crippen LogP contribution in [0, 0.1) is 0 Å². The summed E-state index contributed by atoms with van der Waals surface area (Å²) in [6.45, 7) is 3.90. The van der Waals surface area contributed by atoms with Crippen molar-refractivity contribution in [3.8, 4) is 0 Å². The van der Waals surface area contributed by atoms with E-state index in [0.29, 0.717) is 25.7 Å². The van der Waals surface area contributed by atoms with E-state index in [4.69, 9.17) is 37.0 Å². The minimum absolute atomic E-state index is 0.0863. The molecule has 57 heavy (non-hydrogen) atoms. The molecule has 0 heterocycles. The van der Waals surface area contributed by atoms with Gasteiger partial charge < -0.3 is 33.8 Å². The van der Waals surface area contributed by atoms with Gasteiger partial charge in [-0.15, -0.1) is 0 Å². The van der Waals surface area contributed by atoms with E-state index in [0.717, 1.165) is 51.4 Å². The van der Waals surface area contributed by atoms with E-state index in [9.17, 15) is 43.2 Å². The lowest BCUT2D eigenvalue weighted by atomic mass is 10.1. The normalized spacial score (nSPS) is 15.1. The van der Waals surface area contributed by atoms with Crippen molar-refractivity contribution in [1.29, 1.82) is 0 Å². The Morgan fingerprint density at radius 3 is 1.14 bits per heavy atom. The van der Waals surface area contributed by atoms with Crippen LogP contribution in [0.1, 0.15) is 163 Å². The average molecular weight is 863 g/mol. The molecule has 0 aromatic carbocycles. The van der Waals surface area contributed by atoms with E-state index in [1.54, 1.807) is 6.92 Å². The number of carbonyl (C=O) groups excluding carboxylic acids is 4. The maximum Gasteiger partial charge on any atom is 0.472 e. The number of aliphatic hydroxyl groups excluding tert-OH is 1. The number of hydrogen-bond donors (Lipinski definition) is 3. The Bertz CT molecular complexity index is 1170. The zero-order chi connectivity index (χ0) is 42.8. The molecule has 17 nitrogen and oxygen atoms in total. The number of ether oxygens (including phenoxy) is 4. The molecule has 0 aliphatic rings. The topological polar surface area (TPSA) is 237 Å². The number of phosphoric ester groups is 2. The minimum atomic E-state index is -4.89. The smallest absolute Gasteiger partial charge is 0.462 e. The summed E-state index contributed by atoms with van der Waals surface area (Å²) in [7, 11) is -9.77. The largest absolute Gasteiger partial charge is 0.472 e. The van der Waals surface area contributed by atoms with E-state index in [1.165, 1.54) is 32.1 Å². The van der Waals surface area contributed by atoms with Crippen molar-refractivity contribution < 1.29 is 80.2 Å². The molecule has 3 N–H and O–H groups in total. The molecule has 0 fully saturated rings. The van der Waals surface area contributed by atoms with Gasteiger partial charge >= 0.3 is 39.5 Å². The summed E-state index contributed by atoms with van der Waals surface area (Å²) < 4.78 is 65.4. The summed E-state index contributed by atoms with van der Waals surface area (Å²) in [6, 6.07) is 0. The fourth-order valence-electron chi connectivity index (χ4n) is 5.08. The van der Waals surface area contributed by atoms with Gasteiger partial charge in [0.25, 0.3) is 0 Å². The van der Waals surface area contributed by atoms with Crippen molar-refractivity contribution in [3.63, 3.8) is 0 Å². The molecule has 0 aromatic rings. The number of aliphatic hydroxyl groups is 1. The number of rotatable bonds is 39. The van der Waals surface area contributed by atoms with Gasteiger partial charge in [0, 0.05) is 25.7 Å². The Morgan fingerprint density at radius 2 is 0.737 bits per heavy atom. The van der Waals surface area contributed by atoms with Crippen LogP contribution >= 0.6 is 15.6 Å². The third-order valence-electron chi connectivity index (χ3n) is 8.32. The number of hydrogen-bond acceptors (Lipinski definition) is 15. The molecule has 5 atom stereocenters. The predicted molar refractivity (Wildman–Crippen MR) is 211 cm³/mol. The lowest BCUT2D eigenvalue weighted by Gasteiger charge is -2.21. The molecule has 0 saturated carbocycles. The van der Waals surface area contributed by atoms with Crippen molar-refractivity contribution in [2.75, 3.05) is 39.6 Å². The summed E-state index contributed by atoms with van der Waals surface area (Å²) >= 11 is 0. The van der Waals surface area contributed by atoms with Gasteiger partial charge in [-0.2, -0.15) is 0 Å². The van der Waals surface area contributed by atoms with Crippen LogP contribution in [-0.2, 0) is 65.4 Å². The highest BCUT2D eigenvalue weighted by atomic mass is 31.2. The van der Waals surface area contributed by atoms with Crippen molar-refractivity contribution >= 4 is 39.5 Å². The average Bonchev–Trinajstić information content (AvgIpc) is 3.16. The SMILES string of the molecule is CCCCCCCCCCCCC(=O)O[C@H](COC(=O)CCCCC)COP(=O)(O)OC[C@@H](O)COP(=O)(O)OC[C@@H](COC(=O)CCC)OC(=O)CCCCC. The third kappa shape index (κ3) is 34.6. The first-order valence-electron chi connectivity index (χ1n) is 20.8. The number of carbonyl (C=O) groups is 4. The van der Waals surface area contributed by atoms with Crippen molar-refractivity contribution in [3.05, 3.63) is 0 Å². The molecule has 336 valence electrons. The fourth-order valence-corrected chi connectivity index (χ4v) is 6.65. The van der Waals surface area contributed by atoms with Gasteiger partial charge in [-0.1, -0.05) is 111 Å². The van der Waals surface area contributed by atoms with Gasteiger partial charge in [0.05, 0.1) is 26.4 Å². The minimum Gasteiger partial charge on any atom is -0.462 e. The van der Waals surface area contributed by atoms with Crippen LogP contribution in [0.3, 0.4) is 0 Å². The molecular formula is C38H72O17P2. The van der Waals surface area contributed by atoms with Gasteiger partial charge in [0.1, 0.15) is 19.3 Å². The van der Waals surface area contributed by atoms with E-state index in [-0.39, 0.29) is 25.7 Å². The second-order valence-electron chi connectivity index (χ2n) is 14.0. The lowest BCUT2D eigenvalue weighted by Crippen LogP contribution is -2.30. The van der Waals surface area contributed by atoms with Crippen LogP contribution in [-0.4, -0.2) is 96.7 Å². The van der Waals surface area contributed by atoms with Gasteiger partial charge in [0.2, 0.25) is 0 Å². The van der Waals surface area contributed by atoms with Crippen molar-refractivity contribution in [1.82, 2.24) is 0 Å². The molecule has 0 spiro atoms. The van der Waals surface area contributed by atoms with E-state index in [1.807, 2.05) is 13.8 Å². The molecule has 19 heteroatoms. The molecule has 2 unspecified atom stereocenters. The maximum absolute atomic E-state index is 12.6. The van der Waals surface area contributed by atoms with Crippen LogP contribution in [0.2, 0.25) is 0 Å². The zero-order valence-electron chi connectivity index (χ0n) is 34.8. The van der Waals surface area contributed by atoms with Crippen LogP contribution in [0.5, 0.6) is 0 Å². The number of esters is 4. The summed E-state index contributed by atoms with van der Waals surface area (Å²) in [6.07, 6.45) is 12.2. The van der Waals surface area contributed by atoms with Crippen LogP contribution in [0.25, 0.3) is 0 Å². The Kier molecular flexibility index (Phi) is 33.7. The highest BCUT2D eigenvalue weighted by Crippen LogP contribution is 2.45. The number of unbranched alkanes of at least 4 members (excludes halogenated alkanes) is 13. The van der Waals surface area contributed by atoms with Crippen LogP contribution in [0.15, 0.2) is 0 Å². The highest BCUT2D eigenvalue weighted by Gasteiger charge is 2.30. The maximum atomic E-state index is 12.6. The Morgan fingerprint density at radius 1 is 0.421 bits per heavy atom. The monoisotopic (exact) mass is 862 g/mol. The Hall–Kier alpha value is -1.94. The first-order valence-corrected chi connectivity index (χ1v) is 23.8. The van der Waals surface area contributed by atoms with Gasteiger partial charge in [-0.3, -0.25) is 37.3 Å². The zero-order valence-corrected chi connectivity index (χ0v) is 36.6. The first kappa shape index (κ1) is 55.1. The molecule has 0 amide bonds. The molecule has 0 aromatic heterocycles. The van der Waals surface area contributed by atoms with Gasteiger partial charge in [-0.05, 0) is 25.7 Å². The molecule has 0 bridgehead atoms. The fraction of sp³-hybridized carbons (Fsp3) is 0.895. The summed E-state index contributed by atoms with van der Waals surface area (Å²) in [5.74, 6) is -2.28. The first-order chi connectivity index (χ1) is 27.2. The van der Waals surface area contributed by atoms with E-state index in [2.05, 4.69) is 6.92 Å². The molecule has 0 aliphatic carbocycles. The summed E-state index contributed by atoms with van der Waals surface area (Å²) in [5.41, 5.74) is 0. The van der Waals surface area contributed by atoms with E-state index < -0.39 is 97.5 Å². The standard InChI is InChI=1S/C38H72O17P2/c1-5-9-12-13-14-15-16-17-18-21-25-38(43)55-34(29-49-36(41)23-19-10-6-2)31-53-57(46,47)51-27-32(39)26-50-56(44,45)52-30-33(28-48-35(40)22-8-4)54-37(42)24-20-11-7-3/h32-34,39H,5-31H2,1-4H3,(H,44,45)(H,46,47)/t32-,33+,34+/m0/s1. The summed E-state index contributed by atoms with van der Waals surface area (Å²) in [4.78, 5) is 69.1. The Balaban J connectivity index is 4.96. The third-order valence-corrected chi connectivity index (χ3v) is 10.2. The second kappa shape index (κ2) is 34.9. The van der Waals surface area contributed by atoms with E-state index >= 15 is 0 Å². The van der Waals surface area contributed by atoms with Crippen LogP contribution < -0.4 is 0 Å². The van der Waals surface area contributed by atoms with Gasteiger partial charge in [-0.25, -0.2) is 9.13 Å². The van der Waals surface area contributed by atoms with Crippen LogP contribution in [0.4, 0.5) is 0 Å². The Labute approximate surface area is 339 Å². The molecule has 0 radical (unpaired) electrons. The summed E-state index contributed by atoms with van der Waals surface area (Å²) in [5, 5.41) is 10.2. The molecule has 0 rings (SSSR count). The molecular weight excluding hydrogens is 790 g/mol. The lowest BCUT2D eigenvalue weighted by molar-refractivity contribution is -0.161. The van der Waals surface area contributed by atoms with Crippen molar-refractivity contribution in [2.45, 2.75) is 181 Å². The van der Waals surface area contributed by atoms with Gasteiger partial charge in [0.15, 0.2) is 12.2 Å². The predicted octanol–water partition coefficient (Wildman–Crippen LogP) is 7.80. The molecule has 0 saturated heterocycles. The molecule has 0 aliphatic heterocycles. The quantitative estimate of drug-likeness (QED) is 0.0231. The number of phosphoric acid groups is 2. The highest BCUT2D eigenvalue weighted by molar-refractivity contribution is 7.47.